The third kappa shape index (κ3) is 4.56. The SMILES string of the molecule is O=C(OF)C(=O)OF.[CaH2]. The molecule has 0 aliphatic carbocycles. The van der Waals surface area contributed by atoms with Crippen LogP contribution in [0.5, 0.6) is 0 Å². The van der Waals surface area contributed by atoms with E-state index in [9.17, 15) is 18.6 Å². The first-order valence-electron chi connectivity index (χ1n) is 1.38. The van der Waals surface area contributed by atoms with Gasteiger partial charge in [0.05, 0.1) is 0 Å². The number of rotatable bonds is 0. The van der Waals surface area contributed by atoms with E-state index >= 15 is 0 Å². The molecule has 0 heterocycles. The standard InChI is InChI=1S/C2F2O4.Ca.2H/c3-7-1(5)2(6)8-4;;;. The van der Waals surface area contributed by atoms with Crippen LogP contribution in [0.15, 0.2) is 0 Å². The van der Waals surface area contributed by atoms with E-state index < -0.39 is 11.9 Å². The van der Waals surface area contributed by atoms with Gasteiger partial charge in [-0.2, -0.15) is 0 Å². The molecular weight excluding hydrogens is 166 g/mol. The fraction of sp³-hybridized carbons (Fsp3) is 0. The average molecular weight is 168 g/mol. The number of carbonyl (C=O) groups excluding carboxylic acids is 2. The van der Waals surface area contributed by atoms with Crippen LogP contribution in [0.2, 0.25) is 0 Å². The summed E-state index contributed by atoms with van der Waals surface area (Å²) in [6.45, 7) is 0. The summed E-state index contributed by atoms with van der Waals surface area (Å²) < 4.78 is 21.0. The molecule has 0 rings (SSSR count). The maximum absolute atomic E-state index is 10.5. The van der Waals surface area contributed by atoms with Crippen molar-refractivity contribution < 1.29 is 28.5 Å². The first-order valence-corrected chi connectivity index (χ1v) is 1.38. The Bertz CT molecular complexity index is 101. The predicted molar refractivity (Wildman–Crippen MR) is 22.9 cm³/mol. The minimum atomic E-state index is -2.02. The van der Waals surface area contributed by atoms with Gasteiger partial charge >= 0.3 is 49.7 Å². The van der Waals surface area contributed by atoms with Crippen LogP contribution < -0.4 is 0 Å². The van der Waals surface area contributed by atoms with Crippen molar-refractivity contribution in [1.29, 1.82) is 0 Å². The van der Waals surface area contributed by atoms with Crippen LogP contribution >= 0.6 is 0 Å². The van der Waals surface area contributed by atoms with Crippen molar-refractivity contribution in [2.45, 2.75) is 0 Å². The Hall–Kier alpha value is 0.0597. The van der Waals surface area contributed by atoms with E-state index in [0.717, 1.165) is 0 Å². The molecule has 0 aliphatic rings. The molecule has 0 unspecified atom stereocenters. The second kappa shape index (κ2) is 6.18. The number of carbonyl (C=O) groups is 2. The fourth-order valence-corrected chi connectivity index (χ4v) is 0.0630. The molecular formula is C2H2CaF2O4. The summed E-state index contributed by atoms with van der Waals surface area (Å²) in [6, 6.07) is 0. The quantitative estimate of drug-likeness (QED) is 0.341. The van der Waals surface area contributed by atoms with Gasteiger partial charge in [0.25, 0.3) is 0 Å². The van der Waals surface area contributed by atoms with Crippen molar-refractivity contribution in [3.05, 3.63) is 0 Å². The number of hydrogen-bond acceptors (Lipinski definition) is 4. The average Bonchev–Trinajstić information content (AvgIpc) is 1.84. The summed E-state index contributed by atoms with van der Waals surface area (Å²) in [5.74, 6) is -4.04. The van der Waals surface area contributed by atoms with Crippen molar-refractivity contribution in [3.8, 4) is 0 Å². The summed E-state index contributed by atoms with van der Waals surface area (Å²) in [5.41, 5.74) is 0. The number of hydrogen-bond donors (Lipinski definition) is 0. The zero-order valence-corrected chi connectivity index (χ0v) is 3.39. The summed E-state index contributed by atoms with van der Waals surface area (Å²) in [6.07, 6.45) is 0. The summed E-state index contributed by atoms with van der Waals surface area (Å²) in [7, 11) is 0. The van der Waals surface area contributed by atoms with Crippen LogP contribution in [0.25, 0.3) is 0 Å². The van der Waals surface area contributed by atoms with E-state index in [1.54, 1.807) is 0 Å². The zero-order valence-electron chi connectivity index (χ0n) is 3.39. The molecule has 0 N–H and O–H groups in total. The Morgan fingerprint density at radius 2 is 1.22 bits per heavy atom. The van der Waals surface area contributed by atoms with E-state index in [0.29, 0.717) is 0 Å². The van der Waals surface area contributed by atoms with Crippen LogP contribution in [-0.4, -0.2) is 49.7 Å². The van der Waals surface area contributed by atoms with Gasteiger partial charge in [-0.25, -0.2) is 19.5 Å². The Balaban J connectivity index is 0. The fourth-order valence-electron chi connectivity index (χ4n) is 0.0630. The van der Waals surface area contributed by atoms with Crippen molar-refractivity contribution in [3.63, 3.8) is 0 Å². The van der Waals surface area contributed by atoms with E-state index in [1.807, 2.05) is 0 Å². The molecule has 4 nitrogen and oxygen atoms in total. The Kier molecular flexibility index (Phi) is 8.11. The van der Waals surface area contributed by atoms with Gasteiger partial charge in [0.1, 0.15) is 0 Å². The third-order valence-electron chi connectivity index (χ3n) is 0.307. The van der Waals surface area contributed by atoms with Crippen molar-refractivity contribution in [1.82, 2.24) is 0 Å². The van der Waals surface area contributed by atoms with Gasteiger partial charge in [-0.3, -0.25) is 0 Å². The Labute approximate surface area is 77.9 Å². The Morgan fingerprint density at radius 1 is 1.00 bits per heavy atom. The normalized spacial score (nSPS) is 6.89. The van der Waals surface area contributed by atoms with Crippen LogP contribution in [0, 0.1) is 0 Å². The van der Waals surface area contributed by atoms with E-state index in [4.69, 9.17) is 0 Å². The van der Waals surface area contributed by atoms with Crippen molar-refractivity contribution in [2.24, 2.45) is 0 Å². The van der Waals surface area contributed by atoms with Gasteiger partial charge in [-0.05, 0) is 0 Å². The molecule has 50 valence electrons. The molecule has 0 fully saturated rings. The molecule has 9 heavy (non-hydrogen) atoms. The number of halogens is 2. The molecule has 0 radical (unpaired) electrons. The Morgan fingerprint density at radius 3 is 1.33 bits per heavy atom. The third-order valence-corrected chi connectivity index (χ3v) is 0.307. The topological polar surface area (TPSA) is 52.6 Å². The van der Waals surface area contributed by atoms with Gasteiger partial charge in [0, 0.05) is 9.05 Å². The van der Waals surface area contributed by atoms with Crippen LogP contribution in [0.4, 0.5) is 9.05 Å². The molecule has 0 bridgehead atoms. The minimum absolute atomic E-state index is 0. The molecule has 0 saturated heterocycles. The van der Waals surface area contributed by atoms with Gasteiger partial charge in [-0.15, -0.1) is 0 Å². The summed E-state index contributed by atoms with van der Waals surface area (Å²) >= 11 is 0. The van der Waals surface area contributed by atoms with Gasteiger partial charge < -0.3 is 0 Å². The zero-order chi connectivity index (χ0) is 6.57. The first kappa shape index (κ1) is 11.8. The summed E-state index contributed by atoms with van der Waals surface area (Å²) in [4.78, 5) is 23.4. The predicted octanol–water partition coefficient (Wildman–Crippen LogP) is -1.07. The van der Waals surface area contributed by atoms with Crippen molar-refractivity contribution >= 4 is 49.7 Å². The van der Waals surface area contributed by atoms with E-state index in [2.05, 4.69) is 9.88 Å². The second-order valence-corrected chi connectivity index (χ2v) is 0.729. The van der Waals surface area contributed by atoms with Crippen LogP contribution in [-0.2, 0) is 19.5 Å². The van der Waals surface area contributed by atoms with Crippen molar-refractivity contribution in [2.75, 3.05) is 0 Å². The first-order chi connectivity index (χ1) is 3.72. The molecule has 0 aromatic rings. The molecule has 7 heteroatoms. The van der Waals surface area contributed by atoms with E-state index in [1.165, 1.54) is 0 Å². The molecule has 0 aliphatic heterocycles. The molecule has 0 atom stereocenters. The molecule has 0 amide bonds. The van der Waals surface area contributed by atoms with Gasteiger partial charge in [0.2, 0.25) is 0 Å². The monoisotopic (exact) mass is 168 g/mol. The van der Waals surface area contributed by atoms with E-state index in [-0.39, 0.29) is 37.7 Å². The maximum atomic E-state index is 10.5. The van der Waals surface area contributed by atoms with Gasteiger partial charge in [-0.1, -0.05) is 0 Å². The molecule has 0 saturated carbocycles. The molecule has 0 aromatic carbocycles. The van der Waals surface area contributed by atoms with Crippen LogP contribution in [0.1, 0.15) is 0 Å². The van der Waals surface area contributed by atoms with Gasteiger partial charge in [0.15, 0.2) is 0 Å². The molecule has 0 spiro atoms. The second-order valence-electron chi connectivity index (χ2n) is 0.729. The molecule has 0 aromatic heterocycles. The van der Waals surface area contributed by atoms with Crippen LogP contribution in [0.3, 0.4) is 0 Å². The summed E-state index contributed by atoms with van der Waals surface area (Å²) in [5, 5.41) is 0.